The minimum atomic E-state index is -3.36. The summed E-state index contributed by atoms with van der Waals surface area (Å²) in [5.41, 5.74) is 0.966. The van der Waals surface area contributed by atoms with E-state index < -0.39 is 11.3 Å². The van der Waals surface area contributed by atoms with E-state index in [0.717, 1.165) is 15.9 Å². The number of benzene rings is 4. The van der Waals surface area contributed by atoms with Crippen LogP contribution in [0.3, 0.4) is 0 Å². The Morgan fingerprint density at radius 2 is 1.22 bits per heavy atom. The van der Waals surface area contributed by atoms with Crippen LogP contribution in [0.4, 0.5) is 4.39 Å². The second kappa shape index (κ2) is 8.97. The quantitative estimate of drug-likeness (QED) is 0.237. The first kappa shape index (κ1) is 22.4. The Hall–Kier alpha value is -2.81. The summed E-state index contributed by atoms with van der Waals surface area (Å²) in [6.45, 7) is 0. The van der Waals surface area contributed by atoms with Gasteiger partial charge in [0.25, 0.3) is 0 Å². The third kappa shape index (κ3) is 3.79. The first-order valence-electron chi connectivity index (χ1n) is 10.2. The Bertz CT molecular complexity index is 1130. The summed E-state index contributed by atoms with van der Waals surface area (Å²) < 4.78 is 19.5. The van der Waals surface area contributed by atoms with Crippen molar-refractivity contribution in [2.75, 3.05) is 7.11 Å². The van der Waals surface area contributed by atoms with Crippen LogP contribution in [0.2, 0.25) is 0 Å². The predicted octanol–water partition coefficient (Wildman–Crippen LogP) is 5.95. The van der Waals surface area contributed by atoms with Crippen molar-refractivity contribution in [1.29, 1.82) is 0 Å². The van der Waals surface area contributed by atoms with Crippen LogP contribution >= 0.6 is 20.8 Å². The van der Waals surface area contributed by atoms with Gasteiger partial charge in [-0.15, -0.1) is 0 Å². The fourth-order valence-corrected chi connectivity index (χ4v) is 11.9. The summed E-state index contributed by atoms with van der Waals surface area (Å²) in [6, 6.07) is 34.9. The molecule has 0 spiro atoms. The number of esters is 1. The molecule has 0 saturated carbocycles. The zero-order valence-electron chi connectivity index (χ0n) is 17.6. The molecule has 32 heavy (non-hydrogen) atoms. The second-order valence-electron chi connectivity index (χ2n) is 7.64. The molecule has 0 fully saturated rings. The molecular weight excluding hydrogens is 486 g/mol. The standard InChI is InChI=1S/C27H23BrFO2P/c1-31-27(30)26-18-17-22(29)19-21(26)20-32(28,23-11-5-2-6-12-23,24-13-7-3-8-14-24)25-15-9-4-10-16-25/h2-19H,20H2,1H3. The van der Waals surface area contributed by atoms with Crippen molar-refractivity contribution in [2.24, 2.45) is 0 Å². The van der Waals surface area contributed by atoms with Crippen molar-refractivity contribution in [3.05, 3.63) is 126 Å². The van der Waals surface area contributed by atoms with Crippen LogP contribution in [-0.4, -0.2) is 13.1 Å². The molecule has 0 aromatic heterocycles. The van der Waals surface area contributed by atoms with Crippen molar-refractivity contribution in [3.63, 3.8) is 0 Å². The van der Waals surface area contributed by atoms with Crippen molar-refractivity contribution < 1.29 is 13.9 Å². The Morgan fingerprint density at radius 3 is 1.62 bits per heavy atom. The number of hydrogen-bond donors (Lipinski definition) is 0. The molecule has 0 aliphatic carbocycles. The fraction of sp³-hybridized carbons (Fsp3) is 0.0741. The van der Waals surface area contributed by atoms with Crippen molar-refractivity contribution in [3.8, 4) is 0 Å². The van der Waals surface area contributed by atoms with Gasteiger partial charge in [0, 0.05) is 0 Å². The van der Waals surface area contributed by atoms with E-state index in [4.69, 9.17) is 4.74 Å². The van der Waals surface area contributed by atoms with Gasteiger partial charge in [0.2, 0.25) is 0 Å². The van der Waals surface area contributed by atoms with Crippen LogP contribution in [0.15, 0.2) is 109 Å². The number of hydrogen-bond acceptors (Lipinski definition) is 2. The first-order chi connectivity index (χ1) is 15.5. The van der Waals surface area contributed by atoms with Crippen LogP contribution in [0.5, 0.6) is 0 Å². The fourth-order valence-electron chi connectivity index (χ4n) is 4.26. The number of carbonyl (C=O) groups is 1. The first-order valence-corrected chi connectivity index (χ1v) is 14.7. The summed E-state index contributed by atoms with van der Waals surface area (Å²) in [6.07, 6.45) is 0.409. The topological polar surface area (TPSA) is 26.3 Å². The van der Waals surface area contributed by atoms with Gasteiger partial charge >= 0.3 is 196 Å². The van der Waals surface area contributed by atoms with E-state index >= 15 is 0 Å². The van der Waals surface area contributed by atoms with Crippen molar-refractivity contribution in [1.82, 2.24) is 0 Å². The van der Waals surface area contributed by atoms with Gasteiger partial charge in [-0.25, -0.2) is 0 Å². The molecule has 0 radical (unpaired) electrons. The molecule has 4 rings (SSSR count). The maximum absolute atomic E-state index is 14.5. The van der Waals surface area contributed by atoms with Crippen LogP contribution in [0.1, 0.15) is 15.9 Å². The number of methoxy groups -OCH3 is 1. The normalized spacial score (nSPS) is 12.5. The Morgan fingerprint density at radius 1 is 0.781 bits per heavy atom. The van der Waals surface area contributed by atoms with E-state index in [1.165, 1.54) is 25.3 Å². The van der Waals surface area contributed by atoms with Gasteiger partial charge in [0.15, 0.2) is 0 Å². The van der Waals surface area contributed by atoms with E-state index in [9.17, 15) is 9.18 Å². The van der Waals surface area contributed by atoms with E-state index in [-0.39, 0.29) is 5.82 Å². The van der Waals surface area contributed by atoms with Gasteiger partial charge in [0.05, 0.1) is 0 Å². The molecule has 0 heterocycles. The van der Waals surface area contributed by atoms with Crippen LogP contribution in [0, 0.1) is 5.82 Å². The van der Waals surface area contributed by atoms with Gasteiger partial charge in [-0.05, 0) is 0 Å². The van der Waals surface area contributed by atoms with Crippen molar-refractivity contribution >= 4 is 42.7 Å². The van der Waals surface area contributed by atoms with Crippen LogP contribution in [0.25, 0.3) is 0 Å². The Balaban J connectivity index is 2.11. The molecule has 2 nitrogen and oxygen atoms in total. The summed E-state index contributed by atoms with van der Waals surface area (Å²) in [5.74, 6) is -0.869. The molecular formula is C27H23BrFO2P. The predicted molar refractivity (Wildman–Crippen MR) is 136 cm³/mol. The molecule has 0 N–H and O–H groups in total. The van der Waals surface area contributed by atoms with Gasteiger partial charge < -0.3 is 0 Å². The van der Waals surface area contributed by atoms with Gasteiger partial charge in [-0.1, -0.05) is 0 Å². The van der Waals surface area contributed by atoms with Crippen molar-refractivity contribution in [2.45, 2.75) is 6.16 Å². The molecule has 0 atom stereocenters. The molecule has 0 bridgehead atoms. The molecule has 0 aliphatic heterocycles. The molecule has 5 heteroatoms. The minimum absolute atomic E-state index is 0.366. The third-order valence-corrected chi connectivity index (χ3v) is 15.3. The third-order valence-electron chi connectivity index (χ3n) is 5.82. The summed E-state index contributed by atoms with van der Waals surface area (Å²) in [5, 5.41) is -0.0804. The average Bonchev–Trinajstić information content (AvgIpc) is 2.85. The van der Waals surface area contributed by atoms with E-state index in [0.29, 0.717) is 17.3 Å². The Labute approximate surface area is 195 Å². The summed E-state index contributed by atoms with van der Waals surface area (Å²) in [4.78, 5) is 12.6. The number of rotatable bonds is 6. The van der Waals surface area contributed by atoms with Crippen LogP contribution < -0.4 is 15.9 Å². The molecule has 0 saturated heterocycles. The van der Waals surface area contributed by atoms with E-state index in [1.54, 1.807) is 0 Å². The summed E-state index contributed by atoms with van der Waals surface area (Å²) in [7, 11) is 1.34. The van der Waals surface area contributed by atoms with Gasteiger partial charge in [0.1, 0.15) is 0 Å². The van der Waals surface area contributed by atoms with Crippen LogP contribution in [-0.2, 0) is 10.9 Å². The second-order valence-corrected chi connectivity index (χ2v) is 16.6. The molecule has 4 aromatic carbocycles. The van der Waals surface area contributed by atoms with E-state index in [1.807, 2.05) is 54.6 Å². The number of halogens is 2. The van der Waals surface area contributed by atoms with Gasteiger partial charge in [-0.2, -0.15) is 0 Å². The molecule has 0 unspecified atom stereocenters. The SMILES string of the molecule is COC(=O)c1ccc(F)cc1CP(Br)(c1ccccc1)(c1ccccc1)c1ccccc1. The maximum atomic E-state index is 14.5. The molecule has 0 amide bonds. The van der Waals surface area contributed by atoms with E-state index in [2.05, 4.69) is 51.9 Å². The number of ether oxygens (including phenoxy) is 1. The Kier molecular flexibility index (Phi) is 6.28. The summed E-state index contributed by atoms with van der Waals surface area (Å²) >= 11 is 4.34. The molecule has 4 aromatic rings. The zero-order valence-corrected chi connectivity index (χ0v) is 20.1. The molecule has 162 valence electrons. The number of carbonyl (C=O) groups excluding carboxylic acids is 1. The zero-order chi connectivity index (χ0) is 22.6. The van der Waals surface area contributed by atoms with Gasteiger partial charge in [-0.3, -0.25) is 0 Å². The monoisotopic (exact) mass is 508 g/mol. The average molecular weight is 509 g/mol. The molecule has 0 aliphatic rings.